The molecule has 0 bridgehead atoms. The molecule has 0 radical (unpaired) electrons. The summed E-state index contributed by atoms with van der Waals surface area (Å²) >= 11 is 3.35. The fourth-order valence-electron chi connectivity index (χ4n) is 1.66. The van der Waals surface area contributed by atoms with Crippen molar-refractivity contribution in [1.29, 1.82) is 0 Å². The van der Waals surface area contributed by atoms with Gasteiger partial charge in [-0.2, -0.15) is 0 Å². The van der Waals surface area contributed by atoms with Gasteiger partial charge in [0.25, 0.3) is 5.69 Å². The normalized spacial score (nSPS) is 10.3. The molecule has 0 aliphatic rings. The smallest absolute Gasteiger partial charge is 0.258 e. The summed E-state index contributed by atoms with van der Waals surface area (Å²) in [7, 11) is 0. The van der Waals surface area contributed by atoms with Crippen molar-refractivity contribution in [2.75, 3.05) is 5.33 Å². The summed E-state index contributed by atoms with van der Waals surface area (Å²) in [4.78, 5) is 10.6. The summed E-state index contributed by atoms with van der Waals surface area (Å²) in [5.74, 6) is 0. The summed E-state index contributed by atoms with van der Waals surface area (Å²) in [6.45, 7) is 2.02. The first-order chi connectivity index (χ1) is 7.20. The van der Waals surface area contributed by atoms with Crippen molar-refractivity contribution in [1.82, 2.24) is 0 Å². The Labute approximate surface area is 97.8 Å². The molecule has 0 aliphatic heterocycles. The number of benzene rings is 1. The number of halogens is 1. The molecule has 0 atom stereocenters. The number of hydrogen-bond acceptors (Lipinski definition) is 2. The molecule has 0 heterocycles. The van der Waals surface area contributed by atoms with Crippen LogP contribution in [0.4, 0.5) is 5.69 Å². The molecule has 0 fully saturated rings. The van der Waals surface area contributed by atoms with Gasteiger partial charge in [0.1, 0.15) is 0 Å². The SMILES string of the molecule is CCc1cccc([N+](=O)[O-])c1CCCBr. The molecular formula is C11H14BrNO2. The van der Waals surface area contributed by atoms with E-state index in [0.717, 1.165) is 35.7 Å². The number of aryl methyl sites for hydroxylation is 1. The highest BCUT2D eigenvalue weighted by atomic mass is 79.9. The van der Waals surface area contributed by atoms with E-state index in [-0.39, 0.29) is 10.6 Å². The predicted molar refractivity (Wildman–Crippen MR) is 64.6 cm³/mol. The van der Waals surface area contributed by atoms with Gasteiger partial charge in [-0.1, -0.05) is 35.0 Å². The zero-order valence-corrected chi connectivity index (χ0v) is 10.3. The minimum Gasteiger partial charge on any atom is -0.258 e. The van der Waals surface area contributed by atoms with Crippen LogP contribution in [0.2, 0.25) is 0 Å². The van der Waals surface area contributed by atoms with Gasteiger partial charge in [-0.3, -0.25) is 10.1 Å². The second-order valence-corrected chi connectivity index (χ2v) is 4.11. The van der Waals surface area contributed by atoms with Gasteiger partial charge in [0, 0.05) is 17.0 Å². The van der Waals surface area contributed by atoms with E-state index < -0.39 is 0 Å². The molecule has 1 aromatic carbocycles. The number of nitro groups is 1. The summed E-state index contributed by atoms with van der Waals surface area (Å²) in [6.07, 6.45) is 2.54. The topological polar surface area (TPSA) is 43.1 Å². The Kier molecular flexibility index (Phi) is 4.75. The number of nitrogens with zero attached hydrogens (tertiary/aromatic N) is 1. The molecule has 15 heavy (non-hydrogen) atoms. The molecule has 4 heteroatoms. The van der Waals surface area contributed by atoms with Gasteiger partial charge in [0.15, 0.2) is 0 Å². The van der Waals surface area contributed by atoms with Crippen LogP contribution in [-0.4, -0.2) is 10.3 Å². The Morgan fingerprint density at radius 2 is 2.20 bits per heavy atom. The fourth-order valence-corrected chi connectivity index (χ4v) is 1.94. The van der Waals surface area contributed by atoms with Crippen LogP contribution >= 0.6 is 15.9 Å². The van der Waals surface area contributed by atoms with Crippen molar-refractivity contribution in [3.8, 4) is 0 Å². The largest absolute Gasteiger partial charge is 0.272 e. The molecule has 1 rings (SSSR count). The van der Waals surface area contributed by atoms with Crippen LogP contribution in [-0.2, 0) is 12.8 Å². The van der Waals surface area contributed by atoms with Gasteiger partial charge in [-0.05, 0) is 24.8 Å². The van der Waals surface area contributed by atoms with Gasteiger partial charge in [-0.15, -0.1) is 0 Å². The standard InChI is InChI=1S/C11H14BrNO2/c1-2-9-5-3-7-11(13(14)15)10(9)6-4-8-12/h3,5,7H,2,4,6,8H2,1H3. The van der Waals surface area contributed by atoms with Crippen molar-refractivity contribution in [3.63, 3.8) is 0 Å². The van der Waals surface area contributed by atoms with Gasteiger partial charge >= 0.3 is 0 Å². The summed E-state index contributed by atoms with van der Waals surface area (Å²) in [6, 6.07) is 5.31. The van der Waals surface area contributed by atoms with Crippen molar-refractivity contribution in [2.24, 2.45) is 0 Å². The molecule has 3 nitrogen and oxygen atoms in total. The van der Waals surface area contributed by atoms with Gasteiger partial charge in [0.2, 0.25) is 0 Å². The second kappa shape index (κ2) is 5.85. The molecule has 0 unspecified atom stereocenters. The lowest BCUT2D eigenvalue weighted by molar-refractivity contribution is -0.385. The zero-order valence-electron chi connectivity index (χ0n) is 8.70. The van der Waals surface area contributed by atoms with E-state index in [0.29, 0.717) is 0 Å². The van der Waals surface area contributed by atoms with Crippen LogP contribution in [0.3, 0.4) is 0 Å². The Morgan fingerprint density at radius 1 is 1.47 bits per heavy atom. The Morgan fingerprint density at radius 3 is 2.73 bits per heavy atom. The molecule has 0 aliphatic carbocycles. The van der Waals surface area contributed by atoms with Gasteiger partial charge < -0.3 is 0 Å². The maximum absolute atomic E-state index is 10.8. The van der Waals surface area contributed by atoms with Crippen molar-refractivity contribution >= 4 is 21.6 Å². The van der Waals surface area contributed by atoms with Crippen molar-refractivity contribution < 1.29 is 4.92 Å². The average molecular weight is 272 g/mol. The number of nitro benzene ring substituents is 1. The first kappa shape index (κ1) is 12.2. The number of hydrogen-bond donors (Lipinski definition) is 0. The third-order valence-corrected chi connectivity index (χ3v) is 2.95. The lowest BCUT2D eigenvalue weighted by Crippen LogP contribution is -2.00. The highest BCUT2D eigenvalue weighted by molar-refractivity contribution is 9.09. The average Bonchev–Trinajstić information content (AvgIpc) is 2.25. The van der Waals surface area contributed by atoms with E-state index in [4.69, 9.17) is 0 Å². The molecule has 1 aromatic rings. The zero-order chi connectivity index (χ0) is 11.3. The minimum atomic E-state index is -0.289. The minimum absolute atomic E-state index is 0.260. The van der Waals surface area contributed by atoms with Crippen molar-refractivity contribution in [3.05, 3.63) is 39.4 Å². The van der Waals surface area contributed by atoms with E-state index in [1.165, 1.54) is 0 Å². The predicted octanol–water partition coefficient (Wildman–Crippen LogP) is 3.48. The lowest BCUT2D eigenvalue weighted by Gasteiger charge is -2.07. The third kappa shape index (κ3) is 3.02. The third-order valence-electron chi connectivity index (χ3n) is 2.39. The van der Waals surface area contributed by atoms with Crippen molar-refractivity contribution in [2.45, 2.75) is 26.2 Å². The van der Waals surface area contributed by atoms with E-state index >= 15 is 0 Å². The fraction of sp³-hybridized carbons (Fsp3) is 0.455. The summed E-state index contributed by atoms with van der Waals surface area (Å²) in [5, 5.41) is 11.7. The highest BCUT2D eigenvalue weighted by Gasteiger charge is 2.15. The van der Waals surface area contributed by atoms with Crippen LogP contribution in [0.25, 0.3) is 0 Å². The lowest BCUT2D eigenvalue weighted by atomic mass is 9.99. The molecule has 0 saturated carbocycles. The Bertz CT molecular complexity index is 352. The van der Waals surface area contributed by atoms with E-state index in [1.54, 1.807) is 12.1 Å². The Balaban J connectivity index is 3.08. The number of rotatable bonds is 5. The maximum Gasteiger partial charge on any atom is 0.272 e. The van der Waals surface area contributed by atoms with Crippen LogP contribution in [0.5, 0.6) is 0 Å². The molecule has 0 N–H and O–H groups in total. The van der Waals surface area contributed by atoms with Crippen LogP contribution in [0.1, 0.15) is 24.5 Å². The first-order valence-corrected chi connectivity index (χ1v) is 6.14. The van der Waals surface area contributed by atoms with E-state index in [1.807, 2.05) is 13.0 Å². The quantitative estimate of drug-likeness (QED) is 0.468. The van der Waals surface area contributed by atoms with Gasteiger partial charge in [-0.25, -0.2) is 0 Å². The maximum atomic E-state index is 10.8. The van der Waals surface area contributed by atoms with E-state index in [2.05, 4.69) is 15.9 Å². The first-order valence-electron chi connectivity index (χ1n) is 5.01. The molecule has 0 saturated heterocycles. The van der Waals surface area contributed by atoms with E-state index in [9.17, 15) is 10.1 Å². The molecule has 0 aromatic heterocycles. The second-order valence-electron chi connectivity index (χ2n) is 3.32. The molecule has 0 amide bonds. The van der Waals surface area contributed by atoms with Crippen LogP contribution < -0.4 is 0 Å². The monoisotopic (exact) mass is 271 g/mol. The Hall–Kier alpha value is -0.900. The van der Waals surface area contributed by atoms with Gasteiger partial charge in [0.05, 0.1) is 4.92 Å². The summed E-state index contributed by atoms with van der Waals surface area (Å²) in [5.41, 5.74) is 2.24. The molecule has 82 valence electrons. The molecule has 0 spiro atoms. The summed E-state index contributed by atoms with van der Waals surface area (Å²) < 4.78 is 0. The highest BCUT2D eigenvalue weighted by Crippen LogP contribution is 2.24. The van der Waals surface area contributed by atoms with Crippen LogP contribution in [0.15, 0.2) is 18.2 Å². The van der Waals surface area contributed by atoms with Crippen LogP contribution in [0, 0.1) is 10.1 Å². The number of alkyl halides is 1. The molecular weight excluding hydrogens is 258 g/mol.